The van der Waals surface area contributed by atoms with Gasteiger partial charge in [0, 0.05) is 20.4 Å². The number of hydrogen-bond donors (Lipinski definition) is 1. The number of methoxy groups -OCH3 is 2. The van der Waals surface area contributed by atoms with Gasteiger partial charge in [0.25, 0.3) is 0 Å². The second-order valence-electron chi connectivity index (χ2n) is 3.40. The summed E-state index contributed by atoms with van der Waals surface area (Å²) in [4.78, 5) is 15.8. The Morgan fingerprint density at radius 3 is 2.78 bits per heavy atom. The molecule has 0 radical (unpaired) electrons. The summed E-state index contributed by atoms with van der Waals surface area (Å²) >= 11 is 0. The van der Waals surface area contributed by atoms with Crippen LogP contribution >= 0.6 is 0 Å². The molecule has 1 N–H and O–H groups in total. The number of hydrogen-bond acceptors (Lipinski definition) is 6. The molecular weight excluding hydrogens is 236 g/mol. The molecule has 0 fully saturated rings. The molecule has 0 amide bonds. The van der Waals surface area contributed by atoms with Gasteiger partial charge in [-0.3, -0.25) is 0 Å². The van der Waals surface area contributed by atoms with Crippen LogP contribution in [0, 0.1) is 0 Å². The molecule has 18 heavy (non-hydrogen) atoms. The smallest absolute Gasteiger partial charge is 0.341 e. The van der Waals surface area contributed by atoms with Gasteiger partial charge in [-0.15, -0.1) is 0 Å². The third-order valence-electron chi connectivity index (χ3n) is 2.27. The summed E-state index contributed by atoms with van der Waals surface area (Å²) in [7, 11) is 3.08. The third kappa shape index (κ3) is 3.97. The Labute approximate surface area is 106 Å². The highest BCUT2D eigenvalue weighted by atomic mass is 16.7. The summed E-state index contributed by atoms with van der Waals surface area (Å²) in [6.45, 7) is 2.47. The highest BCUT2D eigenvalue weighted by Crippen LogP contribution is 2.13. The summed E-state index contributed by atoms with van der Waals surface area (Å²) in [6.07, 6.45) is 1.20. The Kier molecular flexibility index (Phi) is 6.10. The molecule has 1 rings (SSSR count). The van der Waals surface area contributed by atoms with E-state index >= 15 is 0 Å². The van der Waals surface area contributed by atoms with Crippen molar-refractivity contribution < 1.29 is 19.0 Å². The highest BCUT2D eigenvalue weighted by Gasteiger charge is 2.14. The molecule has 0 unspecified atom stereocenters. The Balaban J connectivity index is 2.73. The van der Waals surface area contributed by atoms with Crippen LogP contribution in [0.15, 0.2) is 18.3 Å². The molecule has 0 aromatic carbocycles. The zero-order valence-electron chi connectivity index (χ0n) is 10.8. The number of anilines is 1. The highest BCUT2D eigenvalue weighted by molar-refractivity contribution is 5.94. The van der Waals surface area contributed by atoms with Crippen molar-refractivity contribution in [1.82, 2.24) is 4.98 Å². The van der Waals surface area contributed by atoms with E-state index in [1.54, 1.807) is 39.5 Å². The molecule has 0 saturated carbocycles. The standard InChI is InChI=1S/C12H18N2O4/c1-4-18-12(15)9-6-5-7-13-11(9)14-8-10(16-2)17-3/h5-7,10H,4,8H2,1-3H3,(H,13,14). The molecule has 1 aromatic rings. The van der Waals surface area contributed by atoms with E-state index in [1.165, 1.54) is 0 Å². The molecule has 0 aliphatic rings. The first-order valence-corrected chi connectivity index (χ1v) is 5.64. The van der Waals surface area contributed by atoms with Gasteiger partial charge in [0.05, 0.1) is 13.2 Å². The Hall–Kier alpha value is -1.66. The van der Waals surface area contributed by atoms with Gasteiger partial charge in [0.2, 0.25) is 0 Å². The van der Waals surface area contributed by atoms with Crippen LogP contribution in [0.25, 0.3) is 0 Å². The van der Waals surface area contributed by atoms with E-state index in [0.717, 1.165) is 0 Å². The minimum Gasteiger partial charge on any atom is -0.462 e. The molecule has 6 nitrogen and oxygen atoms in total. The molecular formula is C12H18N2O4. The van der Waals surface area contributed by atoms with Crippen LogP contribution in [-0.4, -0.2) is 44.6 Å². The zero-order chi connectivity index (χ0) is 13.4. The maximum atomic E-state index is 11.7. The number of carbonyl (C=O) groups is 1. The monoisotopic (exact) mass is 254 g/mol. The van der Waals surface area contributed by atoms with Crippen LogP contribution in [-0.2, 0) is 14.2 Å². The summed E-state index contributed by atoms with van der Waals surface area (Å²) in [6, 6.07) is 3.34. The van der Waals surface area contributed by atoms with Crippen LogP contribution in [0.3, 0.4) is 0 Å². The Morgan fingerprint density at radius 2 is 2.17 bits per heavy atom. The SMILES string of the molecule is CCOC(=O)c1cccnc1NCC(OC)OC. The number of rotatable bonds is 7. The molecule has 6 heteroatoms. The second-order valence-corrected chi connectivity index (χ2v) is 3.40. The van der Waals surface area contributed by atoms with E-state index in [9.17, 15) is 4.79 Å². The maximum absolute atomic E-state index is 11.7. The Morgan fingerprint density at radius 1 is 1.44 bits per heavy atom. The maximum Gasteiger partial charge on any atom is 0.341 e. The average molecular weight is 254 g/mol. The fourth-order valence-corrected chi connectivity index (χ4v) is 1.36. The normalized spacial score (nSPS) is 10.4. The lowest BCUT2D eigenvalue weighted by molar-refractivity contribution is -0.0914. The van der Waals surface area contributed by atoms with Gasteiger partial charge in [-0.1, -0.05) is 0 Å². The number of pyridine rings is 1. The van der Waals surface area contributed by atoms with E-state index in [1.807, 2.05) is 0 Å². The van der Waals surface area contributed by atoms with Gasteiger partial charge in [0.1, 0.15) is 11.4 Å². The summed E-state index contributed by atoms with van der Waals surface area (Å²) in [5.41, 5.74) is 0.394. The average Bonchev–Trinajstić information content (AvgIpc) is 2.40. The van der Waals surface area contributed by atoms with Crippen LogP contribution in [0.4, 0.5) is 5.82 Å². The number of esters is 1. The first-order chi connectivity index (χ1) is 8.72. The van der Waals surface area contributed by atoms with Crippen molar-refractivity contribution in [2.75, 3.05) is 32.7 Å². The molecule has 0 bridgehead atoms. The van der Waals surface area contributed by atoms with Crippen LogP contribution in [0.2, 0.25) is 0 Å². The topological polar surface area (TPSA) is 69.7 Å². The largest absolute Gasteiger partial charge is 0.462 e. The number of carbonyl (C=O) groups excluding carboxylic acids is 1. The van der Waals surface area contributed by atoms with Crippen LogP contribution < -0.4 is 5.32 Å². The lowest BCUT2D eigenvalue weighted by atomic mass is 10.2. The first-order valence-electron chi connectivity index (χ1n) is 5.64. The van der Waals surface area contributed by atoms with Crippen molar-refractivity contribution >= 4 is 11.8 Å². The molecule has 0 atom stereocenters. The third-order valence-corrected chi connectivity index (χ3v) is 2.27. The van der Waals surface area contributed by atoms with Crippen molar-refractivity contribution in [3.05, 3.63) is 23.9 Å². The van der Waals surface area contributed by atoms with Crippen molar-refractivity contribution in [3.8, 4) is 0 Å². The number of ether oxygens (including phenoxy) is 3. The fraction of sp³-hybridized carbons (Fsp3) is 0.500. The minimum absolute atomic E-state index is 0.325. The van der Waals surface area contributed by atoms with Crippen molar-refractivity contribution in [2.45, 2.75) is 13.2 Å². The van der Waals surface area contributed by atoms with Gasteiger partial charge in [0.15, 0.2) is 6.29 Å². The van der Waals surface area contributed by atoms with Crippen LogP contribution in [0.1, 0.15) is 17.3 Å². The van der Waals surface area contributed by atoms with Gasteiger partial charge >= 0.3 is 5.97 Å². The molecule has 1 heterocycles. The van der Waals surface area contributed by atoms with Crippen molar-refractivity contribution in [1.29, 1.82) is 0 Å². The van der Waals surface area contributed by atoms with Crippen molar-refractivity contribution in [2.24, 2.45) is 0 Å². The quantitative estimate of drug-likeness (QED) is 0.584. The number of nitrogens with one attached hydrogen (secondary N) is 1. The lowest BCUT2D eigenvalue weighted by Crippen LogP contribution is -2.25. The summed E-state index contributed by atoms with van der Waals surface area (Å²) in [5, 5.41) is 2.99. The van der Waals surface area contributed by atoms with Gasteiger partial charge in [-0.25, -0.2) is 9.78 Å². The van der Waals surface area contributed by atoms with Crippen LogP contribution in [0.5, 0.6) is 0 Å². The molecule has 1 aromatic heterocycles. The fourth-order valence-electron chi connectivity index (χ4n) is 1.36. The van der Waals surface area contributed by atoms with E-state index in [-0.39, 0.29) is 0 Å². The molecule has 0 spiro atoms. The molecule has 100 valence electrons. The first kappa shape index (κ1) is 14.4. The summed E-state index contributed by atoms with van der Waals surface area (Å²) in [5.74, 6) is 0.0505. The number of aromatic nitrogens is 1. The van der Waals surface area contributed by atoms with Gasteiger partial charge in [-0.05, 0) is 19.1 Å². The number of nitrogens with zero attached hydrogens (tertiary/aromatic N) is 1. The van der Waals surface area contributed by atoms with E-state index in [4.69, 9.17) is 14.2 Å². The van der Waals surface area contributed by atoms with E-state index in [0.29, 0.717) is 24.5 Å². The van der Waals surface area contributed by atoms with Crippen molar-refractivity contribution in [3.63, 3.8) is 0 Å². The van der Waals surface area contributed by atoms with E-state index < -0.39 is 12.3 Å². The summed E-state index contributed by atoms with van der Waals surface area (Å²) < 4.78 is 15.0. The molecule has 0 aliphatic heterocycles. The minimum atomic E-state index is -0.403. The van der Waals surface area contributed by atoms with Gasteiger partial charge < -0.3 is 19.5 Å². The molecule has 0 saturated heterocycles. The predicted molar refractivity (Wildman–Crippen MR) is 66.5 cm³/mol. The predicted octanol–water partition coefficient (Wildman–Crippen LogP) is 1.29. The molecule has 0 aliphatic carbocycles. The second kappa shape index (κ2) is 7.62. The lowest BCUT2D eigenvalue weighted by Gasteiger charge is -2.15. The van der Waals surface area contributed by atoms with Gasteiger partial charge in [-0.2, -0.15) is 0 Å². The Bertz CT molecular complexity index is 380. The van der Waals surface area contributed by atoms with E-state index in [2.05, 4.69) is 10.3 Å². The zero-order valence-corrected chi connectivity index (χ0v) is 10.8.